The highest BCUT2D eigenvalue weighted by molar-refractivity contribution is 7.21. The van der Waals surface area contributed by atoms with Crippen LogP contribution >= 0.6 is 11.3 Å². The molecule has 162 valence electrons. The SMILES string of the molecule is Cc1ccc(Cc2c(C(=O)N3CCN(c4ccc(F)cc4)CC3)sc3ccccc23)cc1. The van der Waals surface area contributed by atoms with Gasteiger partial charge in [0.2, 0.25) is 0 Å². The number of rotatable bonds is 4. The number of hydrogen-bond donors (Lipinski definition) is 0. The summed E-state index contributed by atoms with van der Waals surface area (Å²) in [6.45, 7) is 4.90. The normalized spacial score (nSPS) is 14.2. The Labute approximate surface area is 191 Å². The molecule has 5 rings (SSSR count). The van der Waals surface area contributed by atoms with Gasteiger partial charge in [0.1, 0.15) is 5.82 Å². The molecule has 0 saturated carbocycles. The quantitative estimate of drug-likeness (QED) is 0.391. The van der Waals surface area contributed by atoms with Gasteiger partial charge >= 0.3 is 0 Å². The first-order chi connectivity index (χ1) is 15.6. The summed E-state index contributed by atoms with van der Waals surface area (Å²) in [5, 5.41) is 1.17. The molecular weight excluding hydrogens is 419 g/mol. The maximum Gasteiger partial charge on any atom is 0.264 e. The van der Waals surface area contributed by atoms with E-state index in [0.29, 0.717) is 13.1 Å². The lowest BCUT2D eigenvalue weighted by atomic mass is 10.0. The second-order valence-corrected chi connectivity index (χ2v) is 9.38. The predicted octanol–water partition coefficient (Wildman–Crippen LogP) is 5.90. The maximum absolute atomic E-state index is 13.6. The van der Waals surface area contributed by atoms with Crippen molar-refractivity contribution < 1.29 is 9.18 Å². The fourth-order valence-electron chi connectivity index (χ4n) is 4.32. The number of anilines is 1. The van der Waals surface area contributed by atoms with E-state index < -0.39 is 0 Å². The molecule has 1 aliphatic rings. The van der Waals surface area contributed by atoms with Crippen molar-refractivity contribution in [2.45, 2.75) is 13.3 Å². The van der Waals surface area contributed by atoms with Crippen LogP contribution in [-0.4, -0.2) is 37.0 Å². The van der Waals surface area contributed by atoms with E-state index in [0.717, 1.165) is 40.3 Å². The van der Waals surface area contributed by atoms with Crippen molar-refractivity contribution >= 4 is 33.0 Å². The van der Waals surface area contributed by atoms with Gasteiger partial charge in [-0.15, -0.1) is 11.3 Å². The Morgan fingerprint density at radius 2 is 1.59 bits per heavy atom. The Hall–Kier alpha value is -3.18. The number of nitrogens with zero attached hydrogens (tertiary/aromatic N) is 2. The highest BCUT2D eigenvalue weighted by atomic mass is 32.1. The van der Waals surface area contributed by atoms with Crippen LogP contribution in [0.3, 0.4) is 0 Å². The number of hydrogen-bond acceptors (Lipinski definition) is 3. The van der Waals surface area contributed by atoms with E-state index in [1.807, 2.05) is 17.0 Å². The average molecular weight is 445 g/mol. The van der Waals surface area contributed by atoms with Crippen LogP contribution in [0.15, 0.2) is 72.8 Å². The predicted molar refractivity (Wildman–Crippen MR) is 130 cm³/mol. The fraction of sp³-hybridized carbons (Fsp3) is 0.222. The Bertz CT molecular complexity index is 1240. The Kier molecular flexibility index (Phi) is 5.66. The second-order valence-electron chi connectivity index (χ2n) is 8.32. The molecule has 0 bridgehead atoms. The molecule has 32 heavy (non-hydrogen) atoms. The van der Waals surface area contributed by atoms with E-state index in [1.54, 1.807) is 23.5 Å². The molecule has 2 heterocycles. The lowest BCUT2D eigenvalue weighted by Crippen LogP contribution is -2.48. The van der Waals surface area contributed by atoms with Gasteiger partial charge in [-0.25, -0.2) is 4.39 Å². The zero-order valence-electron chi connectivity index (χ0n) is 18.1. The third kappa shape index (κ3) is 4.13. The van der Waals surface area contributed by atoms with E-state index in [9.17, 15) is 9.18 Å². The number of halogens is 1. The van der Waals surface area contributed by atoms with E-state index in [-0.39, 0.29) is 11.7 Å². The summed E-state index contributed by atoms with van der Waals surface area (Å²) in [6, 6.07) is 23.4. The fourth-order valence-corrected chi connectivity index (χ4v) is 5.51. The average Bonchev–Trinajstić information content (AvgIpc) is 3.19. The van der Waals surface area contributed by atoms with Crippen molar-refractivity contribution in [3.8, 4) is 0 Å². The number of fused-ring (bicyclic) bond motifs is 1. The van der Waals surface area contributed by atoms with Gasteiger partial charge in [-0.3, -0.25) is 4.79 Å². The minimum atomic E-state index is -0.228. The Morgan fingerprint density at radius 3 is 2.31 bits per heavy atom. The third-order valence-corrected chi connectivity index (χ3v) is 7.35. The van der Waals surface area contributed by atoms with Gasteiger partial charge in [0.25, 0.3) is 5.91 Å². The summed E-state index contributed by atoms with van der Waals surface area (Å²) in [6.07, 6.45) is 0.751. The minimum absolute atomic E-state index is 0.118. The standard InChI is InChI=1S/C27H25FN2OS/c1-19-6-8-20(9-7-19)18-24-23-4-2-3-5-25(23)32-26(24)27(31)30-16-14-29(15-17-30)22-12-10-21(28)11-13-22/h2-13H,14-18H2,1H3. The van der Waals surface area contributed by atoms with Gasteiger partial charge in [0.15, 0.2) is 0 Å². The lowest BCUT2D eigenvalue weighted by molar-refractivity contribution is 0.0751. The largest absolute Gasteiger partial charge is 0.368 e. The molecule has 3 aromatic carbocycles. The molecule has 0 spiro atoms. The van der Waals surface area contributed by atoms with Gasteiger partial charge in [0.05, 0.1) is 4.88 Å². The van der Waals surface area contributed by atoms with E-state index in [1.165, 1.54) is 28.6 Å². The number of amides is 1. The molecule has 3 nitrogen and oxygen atoms in total. The van der Waals surface area contributed by atoms with Crippen LogP contribution in [0, 0.1) is 12.7 Å². The van der Waals surface area contributed by atoms with E-state index in [4.69, 9.17) is 0 Å². The van der Waals surface area contributed by atoms with Gasteiger partial charge in [-0.1, -0.05) is 48.0 Å². The van der Waals surface area contributed by atoms with Crippen LogP contribution in [-0.2, 0) is 6.42 Å². The van der Waals surface area contributed by atoms with Crippen molar-refractivity contribution in [2.75, 3.05) is 31.1 Å². The zero-order valence-corrected chi connectivity index (χ0v) is 18.9. The molecule has 0 aliphatic carbocycles. The van der Waals surface area contributed by atoms with Gasteiger partial charge in [-0.05, 0) is 60.2 Å². The van der Waals surface area contributed by atoms with Crippen LogP contribution in [0.1, 0.15) is 26.4 Å². The van der Waals surface area contributed by atoms with E-state index >= 15 is 0 Å². The molecule has 0 radical (unpaired) electrons. The summed E-state index contributed by atoms with van der Waals surface area (Å²) in [4.78, 5) is 18.6. The molecule has 0 N–H and O–H groups in total. The first kappa shape index (κ1) is 20.7. The van der Waals surface area contributed by atoms with Crippen molar-refractivity contribution in [2.24, 2.45) is 0 Å². The first-order valence-corrected chi connectivity index (χ1v) is 11.8. The van der Waals surface area contributed by atoms with Crippen LogP contribution in [0.5, 0.6) is 0 Å². The number of benzene rings is 3. The molecule has 0 atom stereocenters. The van der Waals surface area contributed by atoms with Crippen LogP contribution in [0.4, 0.5) is 10.1 Å². The molecule has 1 aliphatic heterocycles. The minimum Gasteiger partial charge on any atom is -0.368 e. The van der Waals surface area contributed by atoms with Crippen molar-refractivity contribution in [3.63, 3.8) is 0 Å². The topological polar surface area (TPSA) is 23.6 Å². The van der Waals surface area contributed by atoms with Gasteiger partial charge in [-0.2, -0.15) is 0 Å². The summed E-state index contributed by atoms with van der Waals surface area (Å²) in [7, 11) is 0. The first-order valence-electron chi connectivity index (χ1n) is 10.9. The smallest absolute Gasteiger partial charge is 0.264 e. The number of carbonyl (C=O) groups excluding carboxylic acids is 1. The molecule has 0 unspecified atom stereocenters. The number of thiophene rings is 1. The number of aryl methyl sites for hydroxylation is 1. The molecule has 5 heteroatoms. The highest BCUT2D eigenvalue weighted by Crippen LogP contribution is 2.34. The maximum atomic E-state index is 13.6. The molecule has 1 saturated heterocycles. The van der Waals surface area contributed by atoms with Crippen LogP contribution in [0.25, 0.3) is 10.1 Å². The highest BCUT2D eigenvalue weighted by Gasteiger charge is 2.26. The second kappa shape index (κ2) is 8.75. The summed E-state index contributed by atoms with van der Waals surface area (Å²) < 4.78 is 14.4. The van der Waals surface area contributed by atoms with Crippen LogP contribution < -0.4 is 4.90 Å². The lowest BCUT2D eigenvalue weighted by Gasteiger charge is -2.36. The van der Waals surface area contributed by atoms with Crippen molar-refractivity contribution in [1.82, 2.24) is 4.90 Å². The molecule has 4 aromatic rings. The molecule has 1 fully saturated rings. The Balaban J connectivity index is 1.38. The molecule has 1 aromatic heterocycles. The van der Waals surface area contributed by atoms with E-state index in [2.05, 4.69) is 48.2 Å². The monoisotopic (exact) mass is 444 g/mol. The van der Waals surface area contributed by atoms with Gasteiger partial charge < -0.3 is 9.80 Å². The summed E-state index contributed by atoms with van der Waals surface area (Å²) >= 11 is 1.60. The number of carbonyl (C=O) groups is 1. The third-order valence-electron chi connectivity index (χ3n) is 6.15. The Morgan fingerprint density at radius 1 is 0.906 bits per heavy atom. The molecular formula is C27H25FN2OS. The number of piperazine rings is 1. The van der Waals surface area contributed by atoms with Gasteiger partial charge in [0, 0.05) is 36.6 Å². The zero-order chi connectivity index (χ0) is 22.1. The van der Waals surface area contributed by atoms with Crippen LogP contribution in [0.2, 0.25) is 0 Å². The van der Waals surface area contributed by atoms with Crippen molar-refractivity contribution in [1.29, 1.82) is 0 Å². The summed E-state index contributed by atoms with van der Waals surface area (Å²) in [5.74, 6) is -0.111. The summed E-state index contributed by atoms with van der Waals surface area (Å²) in [5.41, 5.74) is 4.58. The van der Waals surface area contributed by atoms with Crippen molar-refractivity contribution in [3.05, 3.63) is 100 Å². The molecule has 1 amide bonds.